The predicted molar refractivity (Wildman–Crippen MR) is 20.9 cm³/mol. The van der Waals surface area contributed by atoms with Gasteiger partial charge < -0.3 is 10.7 Å². The SMILES string of the molecule is O.O=[N+]([O-])O.[BeH2]. The molecule has 0 amide bonds. The summed E-state index contributed by atoms with van der Waals surface area (Å²) in [5, 5.41) is 13.6. The van der Waals surface area contributed by atoms with Crippen molar-refractivity contribution in [2.24, 2.45) is 0 Å². The van der Waals surface area contributed by atoms with Crippen LogP contribution in [0.15, 0.2) is 0 Å². The van der Waals surface area contributed by atoms with Crippen molar-refractivity contribution < 1.29 is 15.8 Å². The van der Waals surface area contributed by atoms with Gasteiger partial charge in [0.1, 0.15) is 0 Å². The number of nitrogens with zero attached hydrogens (tertiary/aromatic N) is 1. The van der Waals surface area contributed by atoms with Crippen LogP contribution in [0.25, 0.3) is 0 Å². The van der Waals surface area contributed by atoms with Crippen LogP contribution in [0, 0.1) is 10.1 Å². The maximum atomic E-state index is 8.36. The first-order chi connectivity index (χ1) is 1.73. The third-order valence-electron chi connectivity index (χ3n) is 0. The summed E-state index contributed by atoms with van der Waals surface area (Å²) in [5.74, 6) is 0. The number of hydrogen-bond acceptors (Lipinski definition) is 2. The summed E-state index contributed by atoms with van der Waals surface area (Å²) in [7, 11) is 0. The molecule has 0 aromatic carbocycles. The van der Waals surface area contributed by atoms with E-state index in [2.05, 4.69) is 0 Å². The van der Waals surface area contributed by atoms with E-state index < -0.39 is 5.09 Å². The zero-order chi connectivity index (χ0) is 3.58. The summed E-state index contributed by atoms with van der Waals surface area (Å²) in [6, 6.07) is 0. The third kappa shape index (κ3) is 40.1. The van der Waals surface area contributed by atoms with Gasteiger partial charge in [-0.2, -0.15) is 0 Å². The van der Waals surface area contributed by atoms with E-state index in [-0.39, 0.29) is 15.6 Å². The van der Waals surface area contributed by atoms with Crippen molar-refractivity contribution in [3.63, 3.8) is 0 Å². The Morgan fingerprint density at radius 3 is 1.67 bits per heavy atom. The molecule has 0 rings (SSSR count). The van der Waals surface area contributed by atoms with Crippen LogP contribution in [0.2, 0.25) is 0 Å². The van der Waals surface area contributed by atoms with Crippen molar-refractivity contribution >= 4 is 10.1 Å². The zero-order valence-corrected chi connectivity index (χ0v) is 2.21. The number of rotatable bonds is 0. The van der Waals surface area contributed by atoms with Crippen LogP contribution < -0.4 is 0 Å². The van der Waals surface area contributed by atoms with Crippen molar-refractivity contribution in [3.05, 3.63) is 10.1 Å². The van der Waals surface area contributed by atoms with Gasteiger partial charge in [0, 0.05) is 0 Å². The van der Waals surface area contributed by atoms with Crippen LogP contribution in [0.5, 0.6) is 0 Å². The topological polar surface area (TPSA) is 94.9 Å². The first kappa shape index (κ1) is 18.4. The molecule has 0 aliphatic heterocycles. The molecule has 0 aliphatic rings. The zero-order valence-electron chi connectivity index (χ0n) is 2.21. The summed E-state index contributed by atoms with van der Waals surface area (Å²) in [5.41, 5.74) is 0. The monoisotopic (exact) mass is 92.0 g/mol. The van der Waals surface area contributed by atoms with Gasteiger partial charge in [0.15, 0.2) is 0 Å². The Balaban J connectivity index is -0.0000000450. The molecule has 0 radical (unpaired) electrons. The van der Waals surface area contributed by atoms with Gasteiger partial charge in [0.25, 0.3) is 5.09 Å². The molecule has 0 aromatic rings. The van der Waals surface area contributed by atoms with Gasteiger partial charge in [-0.1, -0.05) is 0 Å². The van der Waals surface area contributed by atoms with Crippen LogP contribution in [0.1, 0.15) is 0 Å². The Hall–Kier alpha value is -0.671. The average Bonchev–Trinajstić information content (AvgIpc) is 0.811. The van der Waals surface area contributed by atoms with E-state index in [9.17, 15) is 0 Å². The molecule has 0 aliphatic carbocycles. The first-order valence-corrected chi connectivity index (χ1v) is 0.565. The Morgan fingerprint density at radius 2 is 1.67 bits per heavy atom. The Bertz CT molecular complexity index is 30.5. The molecule has 0 spiro atoms. The molecule has 0 saturated heterocycles. The van der Waals surface area contributed by atoms with E-state index in [1.54, 1.807) is 0 Å². The van der Waals surface area contributed by atoms with Crippen LogP contribution >= 0.6 is 0 Å². The molecule has 3 N–H and O–H groups in total. The molecule has 0 saturated carbocycles. The van der Waals surface area contributed by atoms with E-state index in [0.717, 1.165) is 0 Å². The first-order valence-electron chi connectivity index (χ1n) is 0.565. The molecule has 36 valence electrons. The predicted octanol–water partition coefficient (Wildman–Crippen LogP) is -2.09. The molecule has 0 aromatic heterocycles. The Kier molecular flexibility index (Phi) is 27.1. The molecule has 0 atom stereocenters. The summed E-state index contributed by atoms with van der Waals surface area (Å²) < 4.78 is 0. The molecule has 0 fully saturated rings. The summed E-state index contributed by atoms with van der Waals surface area (Å²) >= 11 is 0. The fourth-order valence-corrected chi connectivity index (χ4v) is 0. The molecule has 6 heavy (non-hydrogen) atoms. The van der Waals surface area contributed by atoms with Gasteiger partial charge in [-0.05, 0) is 0 Å². The molecule has 0 bridgehead atoms. The van der Waals surface area contributed by atoms with Crippen LogP contribution in [0.4, 0.5) is 0 Å². The van der Waals surface area contributed by atoms with E-state index in [4.69, 9.17) is 15.3 Å². The average molecular weight is 92.1 g/mol. The van der Waals surface area contributed by atoms with Gasteiger partial charge in [-0.15, -0.1) is 10.1 Å². The Morgan fingerprint density at radius 1 is 1.67 bits per heavy atom. The normalized spacial score (nSPS) is 4.00. The second-order valence-corrected chi connectivity index (χ2v) is 0.238. The van der Waals surface area contributed by atoms with Crippen molar-refractivity contribution in [2.75, 3.05) is 0 Å². The van der Waals surface area contributed by atoms with Gasteiger partial charge in [0.2, 0.25) is 0 Å². The molecule has 6 heteroatoms. The van der Waals surface area contributed by atoms with Crippen molar-refractivity contribution in [2.45, 2.75) is 0 Å². The summed E-state index contributed by atoms with van der Waals surface area (Å²) in [6.07, 6.45) is 0. The molecular formula is H5BeNO4. The second-order valence-electron chi connectivity index (χ2n) is 0.238. The molecule has 0 unspecified atom stereocenters. The van der Waals surface area contributed by atoms with Crippen LogP contribution in [-0.2, 0) is 0 Å². The fourth-order valence-electron chi connectivity index (χ4n) is 0. The van der Waals surface area contributed by atoms with Crippen molar-refractivity contribution in [3.8, 4) is 0 Å². The third-order valence-corrected chi connectivity index (χ3v) is 0. The van der Waals surface area contributed by atoms with Crippen LogP contribution in [-0.4, -0.2) is 25.9 Å². The number of hydrogen-bond donors (Lipinski definition) is 1. The quantitative estimate of drug-likeness (QED) is 0.211. The van der Waals surface area contributed by atoms with Crippen molar-refractivity contribution in [1.82, 2.24) is 0 Å². The van der Waals surface area contributed by atoms with E-state index in [0.29, 0.717) is 0 Å². The minimum absolute atomic E-state index is 0. The van der Waals surface area contributed by atoms with Gasteiger partial charge in [-0.25, -0.2) is 0 Å². The van der Waals surface area contributed by atoms with E-state index >= 15 is 0 Å². The van der Waals surface area contributed by atoms with Crippen molar-refractivity contribution in [1.29, 1.82) is 0 Å². The summed E-state index contributed by atoms with van der Waals surface area (Å²) in [4.78, 5) is 8.36. The minimum atomic E-state index is -1.50. The second kappa shape index (κ2) is 8.84. The standard InChI is InChI=1S/Be.HNO3.H2O.2H/c;2-1(3)4;;;/h;(H,2,3,4);1H2;;. The summed E-state index contributed by atoms with van der Waals surface area (Å²) in [6.45, 7) is 0. The van der Waals surface area contributed by atoms with Gasteiger partial charge >= 0.3 is 10.1 Å². The Labute approximate surface area is 37.2 Å². The molecule has 0 heterocycles. The van der Waals surface area contributed by atoms with Crippen LogP contribution in [0.3, 0.4) is 0 Å². The maximum absolute atomic E-state index is 8.36. The van der Waals surface area contributed by atoms with Gasteiger partial charge in [0.05, 0.1) is 0 Å². The van der Waals surface area contributed by atoms with E-state index in [1.165, 1.54) is 0 Å². The molecular weight excluding hydrogens is 87.0 g/mol. The van der Waals surface area contributed by atoms with Gasteiger partial charge in [-0.3, -0.25) is 0 Å². The fraction of sp³-hybridized carbons (Fsp3) is 0. The van der Waals surface area contributed by atoms with E-state index in [1.807, 2.05) is 0 Å². The molecule has 5 nitrogen and oxygen atoms in total.